The van der Waals surface area contributed by atoms with Crippen LogP contribution in [0.15, 0.2) is 42.7 Å². The lowest BCUT2D eigenvalue weighted by atomic mass is 10.2. The van der Waals surface area contributed by atoms with Crippen LogP contribution in [0.1, 0.15) is 0 Å². The van der Waals surface area contributed by atoms with Crippen molar-refractivity contribution >= 4 is 17.1 Å². The van der Waals surface area contributed by atoms with Gasteiger partial charge >= 0.3 is 0 Å². The van der Waals surface area contributed by atoms with E-state index in [0.29, 0.717) is 5.69 Å². The Balaban J connectivity index is 2.34. The number of aromatic nitrogens is 1. The number of nitrogens with zero attached hydrogens (tertiary/aromatic N) is 2. The van der Waals surface area contributed by atoms with Crippen LogP contribution >= 0.6 is 0 Å². The highest BCUT2D eigenvalue weighted by molar-refractivity contribution is 5.74. The molecule has 2 aromatic rings. The minimum atomic E-state index is -0.507. The van der Waals surface area contributed by atoms with Gasteiger partial charge in [-0.05, 0) is 30.3 Å². The molecule has 17 heavy (non-hydrogen) atoms. The van der Waals surface area contributed by atoms with Gasteiger partial charge in [-0.15, -0.1) is 0 Å². The molecule has 0 spiro atoms. The molecule has 1 aromatic heterocycles. The van der Waals surface area contributed by atoms with Crippen molar-refractivity contribution in [2.24, 2.45) is 0 Å². The van der Waals surface area contributed by atoms with Crippen LogP contribution in [0.3, 0.4) is 0 Å². The lowest BCUT2D eigenvalue weighted by Crippen LogP contribution is -2.09. The first-order chi connectivity index (χ1) is 8.16. The quantitative estimate of drug-likeness (QED) is 0.799. The fourth-order valence-corrected chi connectivity index (χ4v) is 1.37. The van der Waals surface area contributed by atoms with E-state index in [1.54, 1.807) is 24.5 Å². The van der Waals surface area contributed by atoms with Gasteiger partial charge in [0.15, 0.2) is 0 Å². The van der Waals surface area contributed by atoms with Crippen molar-refractivity contribution < 1.29 is 9.60 Å². The molecule has 1 heterocycles. The van der Waals surface area contributed by atoms with Gasteiger partial charge < -0.3 is 15.8 Å². The Morgan fingerprint density at radius 2 is 1.94 bits per heavy atom. The van der Waals surface area contributed by atoms with Crippen LogP contribution in [-0.4, -0.2) is 10.2 Å². The minimum absolute atomic E-state index is 0.0665. The molecule has 0 radical (unpaired) electrons. The third-order valence-corrected chi connectivity index (χ3v) is 2.12. The predicted octanol–water partition coefficient (Wildman–Crippen LogP) is 2.66. The molecule has 1 aromatic carbocycles. The zero-order chi connectivity index (χ0) is 12.3. The average Bonchev–Trinajstić information content (AvgIpc) is 2.30. The number of benzene rings is 1. The van der Waals surface area contributed by atoms with Gasteiger partial charge in [0, 0.05) is 18.1 Å². The molecular formula is C11H9FN3O2-. The Morgan fingerprint density at radius 3 is 2.59 bits per heavy atom. The van der Waals surface area contributed by atoms with Crippen molar-refractivity contribution in [3.63, 3.8) is 0 Å². The van der Waals surface area contributed by atoms with Gasteiger partial charge in [0.05, 0.1) is 11.4 Å². The molecule has 2 N–H and O–H groups in total. The minimum Gasteiger partial charge on any atom is -0.733 e. The summed E-state index contributed by atoms with van der Waals surface area (Å²) in [4.78, 5) is 3.83. The van der Waals surface area contributed by atoms with E-state index in [1.807, 2.05) is 0 Å². The van der Waals surface area contributed by atoms with Gasteiger partial charge in [-0.1, -0.05) is 0 Å². The second-order valence-corrected chi connectivity index (χ2v) is 3.30. The molecule has 0 saturated carbocycles. The molecule has 88 valence electrons. The monoisotopic (exact) mass is 234 g/mol. The van der Waals surface area contributed by atoms with Crippen molar-refractivity contribution in [1.29, 1.82) is 0 Å². The molecular weight excluding hydrogens is 225 g/mol. The summed E-state index contributed by atoms with van der Waals surface area (Å²) in [7, 11) is 0. The van der Waals surface area contributed by atoms with E-state index in [1.165, 1.54) is 6.07 Å². The van der Waals surface area contributed by atoms with Crippen molar-refractivity contribution in [2.75, 3.05) is 10.5 Å². The molecule has 5 nitrogen and oxygen atoms in total. The Bertz CT molecular complexity index is 505. The Morgan fingerprint density at radius 1 is 1.24 bits per heavy atom. The van der Waals surface area contributed by atoms with E-state index in [4.69, 9.17) is 5.21 Å². The van der Waals surface area contributed by atoms with E-state index < -0.39 is 5.82 Å². The fourth-order valence-electron chi connectivity index (χ4n) is 1.37. The fraction of sp³-hybridized carbons (Fsp3) is 0. The third-order valence-electron chi connectivity index (χ3n) is 2.12. The highest BCUT2D eigenvalue weighted by Gasteiger charge is 2.05. The molecule has 6 heteroatoms. The highest BCUT2D eigenvalue weighted by Crippen LogP contribution is 2.28. The lowest BCUT2D eigenvalue weighted by molar-refractivity contribution is 0.297. The predicted molar refractivity (Wildman–Crippen MR) is 61.6 cm³/mol. The Labute approximate surface area is 96.7 Å². The van der Waals surface area contributed by atoms with Crippen LogP contribution in [0.25, 0.3) is 0 Å². The number of anilines is 3. The topological polar surface area (TPSA) is 71.5 Å². The van der Waals surface area contributed by atoms with E-state index in [0.717, 1.165) is 12.1 Å². The maximum Gasteiger partial charge on any atom is 0.125 e. The van der Waals surface area contributed by atoms with Crippen molar-refractivity contribution in [3.05, 3.63) is 53.7 Å². The number of hydrogen-bond acceptors (Lipinski definition) is 5. The number of rotatable bonds is 3. The summed E-state index contributed by atoms with van der Waals surface area (Å²) >= 11 is 0. The van der Waals surface area contributed by atoms with E-state index in [9.17, 15) is 9.60 Å². The first kappa shape index (κ1) is 11.3. The first-order valence-electron chi connectivity index (χ1n) is 4.79. The zero-order valence-electron chi connectivity index (χ0n) is 8.67. The van der Waals surface area contributed by atoms with E-state index >= 15 is 0 Å². The Kier molecular flexibility index (Phi) is 3.17. The van der Waals surface area contributed by atoms with Crippen LogP contribution in [0.2, 0.25) is 0 Å². The standard InChI is InChI=1S/C11H9FN3O2/c12-8-1-2-11(15(16)17)10(7-8)14-9-3-5-13-6-4-9/h1-7,16H,(H,13,14)/q-1. The van der Waals surface area contributed by atoms with Gasteiger partial charge in [0.25, 0.3) is 0 Å². The number of hydrogen-bond donors (Lipinski definition) is 2. The number of halogens is 1. The SMILES string of the molecule is [O-]N(O)c1ccc(F)cc1Nc1ccncc1. The molecule has 0 aliphatic rings. The van der Waals surface area contributed by atoms with Gasteiger partial charge in [0.1, 0.15) is 5.82 Å². The van der Waals surface area contributed by atoms with Gasteiger partial charge in [0.2, 0.25) is 0 Å². The van der Waals surface area contributed by atoms with Crippen molar-refractivity contribution in [1.82, 2.24) is 4.98 Å². The molecule has 0 atom stereocenters. The summed E-state index contributed by atoms with van der Waals surface area (Å²) in [5, 5.41) is 22.2. The summed E-state index contributed by atoms with van der Waals surface area (Å²) in [6, 6.07) is 6.71. The van der Waals surface area contributed by atoms with Crippen LogP contribution in [-0.2, 0) is 0 Å². The zero-order valence-corrected chi connectivity index (χ0v) is 8.67. The molecule has 0 fully saturated rings. The molecule has 0 aliphatic carbocycles. The summed E-state index contributed by atoms with van der Waals surface area (Å²) in [6.45, 7) is 0. The van der Waals surface area contributed by atoms with Crippen molar-refractivity contribution in [3.8, 4) is 0 Å². The number of nitrogens with one attached hydrogen (secondary N) is 1. The first-order valence-corrected chi connectivity index (χ1v) is 4.79. The van der Waals surface area contributed by atoms with Gasteiger partial charge in [-0.2, -0.15) is 0 Å². The molecule has 0 aliphatic heterocycles. The van der Waals surface area contributed by atoms with Gasteiger partial charge in [-0.25, -0.2) is 4.39 Å². The van der Waals surface area contributed by atoms with Crippen LogP contribution < -0.4 is 10.5 Å². The third kappa shape index (κ3) is 2.68. The maximum atomic E-state index is 13.1. The van der Waals surface area contributed by atoms with Crippen molar-refractivity contribution in [2.45, 2.75) is 0 Å². The van der Waals surface area contributed by atoms with E-state index in [-0.39, 0.29) is 16.6 Å². The van der Waals surface area contributed by atoms with Gasteiger partial charge in [-0.3, -0.25) is 10.2 Å². The summed E-state index contributed by atoms with van der Waals surface area (Å²) < 4.78 is 13.1. The van der Waals surface area contributed by atoms with Crippen LogP contribution in [0.4, 0.5) is 21.5 Å². The molecule has 0 unspecified atom stereocenters. The normalized spacial score (nSPS) is 10.1. The Hall–Kier alpha value is -2.18. The number of pyridine rings is 1. The summed E-state index contributed by atoms with van der Waals surface area (Å²) in [6.07, 6.45) is 3.10. The highest BCUT2D eigenvalue weighted by atomic mass is 19.1. The molecule has 0 bridgehead atoms. The second kappa shape index (κ2) is 4.77. The second-order valence-electron chi connectivity index (χ2n) is 3.30. The largest absolute Gasteiger partial charge is 0.733 e. The molecule has 0 amide bonds. The maximum absolute atomic E-state index is 13.1. The molecule has 0 saturated heterocycles. The average molecular weight is 234 g/mol. The summed E-state index contributed by atoms with van der Waals surface area (Å²) in [5.74, 6) is -0.507. The van der Waals surface area contributed by atoms with Crippen LogP contribution in [0.5, 0.6) is 0 Å². The van der Waals surface area contributed by atoms with Crippen LogP contribution in [0, 0.1) is 11.0 Å². The summed E-state index contributed by atoms with van der Waals surface area (Å²) in [5.41, 5.74) is 0.741. The van der Waals surface area contributed by atoms with E-state index in [2.05, 4.69) is 10.3 Å². The molecule has 2 rings (SSSR count). The lowest BCUT2D eigenvalue weighted by Gasteiger charge is -2.24. The smallest absolute Gasteiger partial charge is 0.125 e.